The van der Waals surface area contributed by atoms with Crippen molar-refractivity contribution in [1.82, 2.24) is 4.90 Å². The predicted octanol–water partition coefficient (Wildman–Crippen LogP) is -0.168. The van der Waals surface area contributed by atoms with Crippen LogP contribution in [0.1, 0.15) is 13.3 Å². The van der Waals surface area contributed by atoms with Crippen LogP contribution in [0, 0.1) is 0 Å². The molecule has 0 rings (SSSR count). The van der Waals surface area contributed by atoms with E-state index in [1.807, 2.05) is 0 Å². The quantitative estimate of drug-likeness (QED) is 0.352. The summed E-state index contributed by atoms with van der Waals surface area (Å²) in [6.45, 7) is 1.15. The molecule has 0 aromatic carbocycles. The van der Waals surface area contributed by atoms with Crippen LogP contribution in [0.15, 0.2) is 0 Å². The third-order valence-corrected chi connectivity index (χ3v) is 2.26. The van der Waals surface area contributed by atoms with Gasteiger partial charge < -0.3 is 19.6 Å². The van der Waals surface area contributed by atoms with Crippen LogP contribution in [0.25, 0.3) is 0 Å². The highest BCUT2D eigenvalue weighted by molar-refractivity contribution is 7.46. The van der Waals surface area contributed by atoms with Crippen molar-refractivity contribution >= 4 is 15.6 Å². The molecule has 0 heterocycles. The van der Waals surface area contributed by atoms with Crippen LogP contribution in [-0.2, 0) is 18.2 Å². The zero-order chi connectivity index (χ0) is 12.8. The predicted molar refractivity (Wildman–Crippen MR) is 53.0 cm³/mol. The summed E-state index contributed by atoms with van der Waals surface area (Å²) in [6, 6.07) is 0. The first-order chi connectivity index (χ1) is 7.14. The lowest BCUT2D eigenvalue weighted by atomic mass is 10.5. The number of rotatable bonds is 8. The van der Waals surface area contributed by atoms with Gasteiger partial charge in [-0.1, -0.05) is 6.92 Å². The fraction of sp³-hybridized carbons (Fsp3) is 1.00. The summed E-state index contributed by atoms with van der Waals surface area (Å²) in [6.07, 6.45) is 0.606. The number of phosphoric acid groups is 2. The highest BCUT2D eigenvalue weighted by Crippen LogP contribution is 2.37. The molecule has 0 saturated carbocycles. The summed E-state index contributed by atoms with van der Waals surface area (Å²) in [5.74, 6) is 0. The molecule has 0 aliphatic heterocycles. The van der Waals surface area contributed by atoms with Crippen molar-refractivity contribution in [2.75, 3.05) is 20.0 Å². The van der Waals surface area contributed by atoms with Crippen molar-refractivity contribution in [3.63, 3.8) is 0 Å². The molecule has 0 saturated heterocycles. The second kappa shape index (κ2) is 6.80. The highest BCUT2D eigenvalue weighted by atomic mass is 31.2. The monoisotopic (exact) mass is 279 g/mol. The van der Waals surface area contributed by atoms with Crippen LogP contribution in [-0.4, -0.2) is 44.5 Å². The molecule has 4 N–H and O–H groups in total. The molecule has 0 amide bonds. The Morgan fingerprint density at radius 1 is 1.00 bits per heavy atom. The molecule has 16 heavy (non-hydrogen) atoms. The van der Waals surface area contributed by atoms with Gasteiger partial charge in [0.15, 0.2) is 0 Å². The van der Waals surface area contributed by atoms with E-state index in [2.05, 4.69) is 9.05 Å². The summed E-state index contributed by atoms with van der Waals surface area (Å²) >= 11 is 0. The topological polar surface area (TPSA) is 137 Å². The lowest BCUT2D eigenvalue weighted by Gasteiger charge is -2.21. The van der Waals surface area contributed by atoms with E-state index in [-0.39, 0.29) is 0 Å². The Morgan fingerprint density at radius 2 is 1.38 bits per heavy atom. The molecule has 0 radical (unpaired) electrons. The van der Waals surface area contributed by atoms with E-state index in [1.54, 1.807) is 6.92 Å². The van der Waals surface area contributed by atoms with Crippen LogP contribution in [0.4, 0.5) is 0 Å². The minimum absolute atomic E-state index is 0.319. The lowest BCUT2D eigenvalue weighted by Crippen LogP contribution is -2.29. The minimum Gasteiger partial charge on any atom is -0.303 e. The molecule has 11 heteroatoms. The van der Waals surface area contributed by atoms with Gasteiger partial charge in [-0.15, -0.1) is 0 Å². The molecular formula is C5H15NO8P2. The van der Waals surface area contributed by atoms with Crippen LogP contribution >= 0.6 is 15.6 Å². The Bertz CT molecular complexity index is 258. The average molecular weight is 279 g/mol. The van der Waals surface area contributed by atoms with Gasteiger partial charge in [0.25, 0.3) is 0 Å². The Morgan fingerprint density at radius 3 is 1.62 bits per heavy atom. The standard InChI is InChI=1S/C5H15NO8P2/c1-2-3-6(4-13-15(7,8)9)5-14-16(10,11)12/h2-5H2,1H3,(H2,7,8,9)(H2,10,11,12). The zero-order valence-electron chi connectivity index (χ0n) is 8.59. The number of hydrogen-bond acceptors (Lipinski definition) is 5. The largest absolute Gasteiger partial charge is 0.470 e. The van der Waals surface area contributed by atoms with Crippen LogP contribution in [0.5, 0.6) is 0 Å². The van der Waals surface area contributed by atoms with E-state index >= 15 is 0 Å². The van der Waals surface area contributed by atoms with Gasteiger partial charge in [-0.2, -0.15) is 0 Å². The summed E-state index contributed by atoms with van der Waals surface area (Å²) < 4.78 is 29.1. The van der Waals surface area contributed by atoms with E-state index < -0.39 is 29.1 Å². The third kappa shape index (κ3) is 10.7. The smallest absolute Gasteiger partial charge is 0.303 e. The maximum atomic E-state index is 10.4. The molecular weight excluding hydrogens is 264 g/mol. The second-order valence-corrected chi connectivity index (χ2v) is 5.37. The van der Waals surface area contributed by atoms with Gasteiger partial charge >= 0.3 is 15.6 Å². The van der Waals surface area contributed by atoms with E-state index in [9.17, 15) is 9.13 Å². The van der Waals surface area contributed by atoms with E-state index in [4.69, 9.17) is 19.6 Å². The van der Waals surface area contributed by atoms with E-state index in [0.717, 1.165) is 0 Å². The summed E-state index contributed by atoms with van der Waals surface area (Å²) in [7, 11) is -9.20. The molecule has 0 fully saturated rings. The molecule has 0 bridgehead atoms. The van der Waals surface area contributed by atoms with Gasteiger partial charge in [-0.25, -0.2) is 9.13 Å². The fourth-order valence-corrected chi connectivity index (χ4v) is 1.42. The van der Waals surface area contributed by atoms with Gasteiger partial charge in [0.05, 0.1) is 0 Å². The maximum Gasteiger partial charge on any atom is 0.470 e. The molecule has 0 unspecified atom stereocenters. The Kier molecular flexibility index (Phi) is 6.88. The van der Waals surface area contributed by atoms with Crippen molar-refractivity contribution in [2.24, 2.45) is 0 Å². The lowest BCUT2D eigenvalue weighted by molar-refractivity contribution is 0.0255. The third-order valence-electron chi connectivity index (χ3n) is 1.36. The molecule has 0 aromatic rings. The SMILES string of the molecule is CCCN(COP(=O)(O)O)COP(=O)(O)O. The molecule has 0 atom stereocenters. The Hall–Kier alpha value is 0.180. The van der Waals surface area contributed by atoms with Gasteiger partial charge in [0, 0.05) is 6.54 Å². The molecule has 9 nitrogen and oxygen atoms in total. The van der Waals surface area contributed by atoms with E-state index in [0.29, 0.717) is 13.0 Å². The van der Waals surface area contributed by atoms with Gasteiger partial charge in [0.2, 0.25) is 0 Å². The second-order valence-electron chi connectivity index (χ2n) is 2.89. The van der Waals surface area contributed by atoms with Crippen molar-refractivity contribution in [3.05, 3.63) is 0 Å². The van der Waals surface area contributed by atoms with Crippen LogP contribution in [0.3, 0.4) is 0 Å². The molecule has 0 aliphatic rings. The molecule has 0 aromatic heterocycles. The van der Waals surface area contributed by atoms with Crippen LogP contribution in [0.2, 0.25) is 0 Å². The molecule has 0 spiro atoms. The van der Waals surface area contributed by atoms with Crippen molar-refractivity contribution in [1.29, 1.82) is 0 Å². The summed E-state index contributed by atoms with van der Waals surface area (Å²) in [5.41, 5.74) is 0. The normalized spacial score (nSPS) is 13.4. The first-order valence-corrected chi connectivity index (χ1v) is 7.32. The summed E-state index contributed by atoms with van der Waals surface area (Å²) in [4.78, 5) is 34.9. The van der Waals surface area contributed by atoms with Gasteiger partial charge in [-0.3, -0.25) is 13.9 Å². The van der Waals surface area contributed by atoms with Crippen LogP contribution < -0.4 is 0 Å². The van der Waals surface area contributed by atoms with Crippen molar-refractivity contribution in [3.8, 4) is 0 Å². The van der Waals surface area contributed by atoms with Crippen molar-refractivity contribution < 1.29 is 37.8 Å². The van der Waals surface area contributed by atoms with Gasteiger partial charge in [0.1, 0.15) is 13.5 Å². The average Bonchev–Trinajstić information content (AvgIpc) is 2.07. The number of nitrogens with zero attached hydrogens (tertiary/aromatic N) is 1. The number of hydrogen-bond donors (Lipinski definition) is 4. The highest BCUT2D eigenvalue weighted by Gasteiger charge is 2.19. The molecule has 98 valence electrons. The van der Waals surface area contributed by atoms with E-state index in [1.165, 1.54) is 4.90 Å². The Balaban J connectivity index is 4.07. The van der Waals surface area contributed by atoms with Gasteiger partial charge in [-0.05, 0) is 6.42 Å². The molecule has 0 aliphatic carbocycles. The van der Waals surface area contributed by atoms with Crippen molar-refractivity contribution in [2.45, 2.75) is 13.3 Å². The first-order valence-electron chi connectivity index (χ1n) is 4.26. The summed E-state index contributed by atoms with van der Waals surface area (Å²) in [5, 5.41) is 0. The Labute approximate surface area is 92.5 Å². The zero-order valence-corrected chi connectivity index (χ0v) is 10.4. The maximum absolute atomic E-state index is 10.4. The fourth-order valence-electron chi connectivity index (χ4n) is 0.796. The minimum atomic E-state index is -4.60. The first kappa shape index (κ1) is 16.2. The number of phosphoric ester groups is 2.